The molecule has 0 unspecified atom stereocenters. The minimum atomic E-state index is -0.627. The Balaban J connectivity index is 1.77. The first kappa shape index (κ1) is 20.2. The van der Waals surface area contributed by atoms with Crippen LogP contribution in [0.3, 0.4) is 0 Å². The molecule has 1 heterocycles. The summed E-state index contributed by atoms with van der Waals surface area (Å²) in [6, 6.07) is 10.7. The highest BCUT2D eigenvalue weighted by Gasteiger charge is 2.22. The van der Waals surface area contributed by atoms with E-state index >= 15 is 0 Å². The van der Waals surface area contributed by atoms with Crippen molar-refractivity contribution in [1.29, 1.82) is 0 Å². The molecule has 3 rings (SSSR count). The van der Waals surface area contributed by atoms with Crippen LogP contribution >= 0.6 is 11.6 Å². The summed E-state index contributed by atoms with van der Waals surface area (Å²) in [5, 5.41) is 17.4. The lowest BCUT2D eigenvalue weighted by molar-refractivity contribution is -0.384. The number of nitrogens with one attached hydrogen (secondary N) is 1. The topological polar surface area (TPSA) is 117 Å². The number of anilines is 1. The predicted octanol–water partition coefficient (Wildman–Crippen LogP) is 4.38. The normalized spacial score (nSPS) is 10.4. The number of amides is 1. The smallest absolute Gasteiger partial charge is 0.278 e. The average molecular weight is 418 g/mol. The van der Waals surface area contributed by atoms with Crippen LogP contribution in [0.25, 0.3) is 0 Å². The molecule has 9 nitrogen and oxygen atoms in total. The van der Waals surface area contributed by atoms with Gasteiger partial charge >= 0.3 is 0 Å². The quantitative estimate of drug-likeness (QED) is 0.447. The van der Waals surface area contributed by atoms with Crippen LogP contribution in [-0.4, -0.2) is 23.1 Å². The molecule has 0 aliphatic rings. The Morgan fingerprint density at radius 3 is 2.59 bits per heavy atom. The molecule has 0 radical (unpaired) electrons. The van der Waals surface area contributed by atoms with Crippen molar-refractivity contribution in [1.82, 2.24) is 5.16 Å². The van der Waals surface area contributed by atoms with Gasteiger partial charge in [-0.15, -0.1) is 0 Å². The van der Waals surface area contributed by atoms with Crippen LogP contribution < -0.4 is 14.8 Å². The summed E-state index contributed by atoms with van der Waals surface area (Å²) in [6.45, 7) is 1.68. The van der Waals surface area contributed by atoms with Gasteiger partial charge in [-0.05, 0) is 37.3 Å². The maximum absolute atomic E-state index is 12.6. The van der Waals surface area contributed by atoms with Gasteiger partial charge in [-0.25, -0.2) is 0 Å². The number of non-ortho nitro benzene ring substituents is 1. The minimum absolute atomic E-state index is 0.00131. The predicted molar refractivity (Wildman–Crippen MR) is 105 cm³/mol. The van der Waals surface area contributed by atoms with Crippen molar-refractivity contribution in [2.24, 2.45) is 0 Å². The molecule has 150 valence electrons. The van der Waals surface area contributed by atoms with Gasteiger partial charge in [0.2, 0.25) is 0 Å². The lowest BCUT2D eigenvalue weighted by atomic mass is 10.2. The summed E-state index contributed by atoms with van der Waals surface area (Å²) < 4.78 is 15.9. The molecule has 0 bridgehead atoms. The molecule has 0 saturated heterocycles. The lowest BCUT2D eigenvalue weighted by Gasteiger charge is -2.09. The molecular formula is C19H16ClN3O6. The number of carbonyl (C=O) groups is 1. The molecule has 0 aliphatic heterocycles. The number of hydrogen-bond acceptors (Lipinski definition) is 7. The number of benzene rings is 2. The van der Waals surface area contributed by atoms with Crippen LogP contribution in [-0.2, 0) is 6.61 Å². The van der Waals surface area contributed by atoms with Crippen molar-refractivity contribution in [2.75, 3.05) is 12.4 Å². The minimum Gasteiger partial charge on any atom is -0.497 e. The number of carbonyl (C=O) groups excluding carboxylic acids is 1. The molecule has 1 aromatic heterocycles. The van der Waals surface area contributed by atoms with E-state index in [1.807, 2.05) is 0 Å². The number of aryl methyl sites for hydroxylation is 1. The monoisotopic (exact) mass is 417 g/mol. The van der Waals surface area contributed by atoms with Crippen LogP contribution in [0.4, 0.5) is 11.4 Å². The number of aromatic nitrogens is 1. The fourth-order valence-corrected chi connectivity index (χ4v) is 2.64. The molecule has 3 aromatic rings. The first-order valence-electron chi connectivity index (χ1n) is 8.36. The highest BCUT2D eigenvalue weighted by molar-refractivity contribution is 6.34. The summed E-state index contributed by atoms with van der Waals surface area (Å²) in [6.07, 6.45) is 0. The van der Waals surface area contributed by atoms with Crippen molar-refractivity contribution in [2.45, 2.75) is 13.5 Å². The molecule has 0 fully saturated rings. The number of nitro benzene ring substituents is 1. The Hall–Kier alpha value is -3.59. The fourth-order valence-electron chi connectivity index (χ4n) is 2.47. The van der Waals surface area contributed by atoms with Gasteiger partial charge in [0.25, 0.3) is 11.6 Å². The summed E-state index contributed by atoms with van der Waals surface area (Å²) in [7, 11) is 1.56. The van der Waals surface area contributed by atoms with Gasteiger partial charge in [-0.2, -0.15) is 0 Å². The molecule has 1 amide bonds. The SMILES string of the molecule is COc1ccc(OCc2c(C(=O)Nc3cc([N+](=O)[O-])ccc3Cl)noc2C)cc1. The number of rotatable bonds is 7. The largest absolute Gasteiger partial charge is 0.497 e. The van der Waals surface area contributed by atoms with Gasteiger partial charge in [0.05, 0.1) is 28.3 Å². The van der Waals surface area contributed by atoms with Gasteiger partial charge in [0.15, 0.2) is 5.69 Å². The second-order valence-corrected chi connectivity index (χ2v) is 6.31. The summed E-state index contributed by atoms with van der Waals surface area (Å²) in [5.74, 6) is 1.04. The summed E-state index contributed by atoms with van der Waals surface area (Å²) in [4.78, 5) is 23.0. The van der Waals surface area contributed by atoms with Crippen molar-refractivity contribution in [3.8, 4) is 11.5 Å². The third kappa shape index (κ3) is 4.64. The van der Waals surface area contributed by atoms with Crippen LogP contribution in [0, 0.1) is 17.0 Å². The van der Waals surface area contributed by atoms with E-state index in [1.54, 1.807) is 38.3 Å². The molecule has 0 atom stereocenters. The zero-order valence-electron chi connectivity index (χ0n) is 15.5. The second-order valence-electron chi connectivity index (χ2n) is 5.91. The van der Waals surface area contributed by atoms with E-state index in [-0.39, 0.29) is 28.7 Å². The molecule has 0 saturated carbocycles. The number of nitrogens with zero attached hydrogens (tertiary/aromatic N) is 2. The maximum Gasteiger partial charge on any atom is 0.278 e. The van der Waals surface area contributed by atoms with Gasteiger partial charge in [0, 0.05) is 12.1 Å². The van der Waals surface area contributed by atoms with Crippen LogP contribution in [0.2, 0.25) is 5.02 Å². The molecule has 10 heteroatoms. The third-order valence-corrected chi connectivity index (χ3v) is 4.38. The highest BCUT2D eigenvalue weighted by atomic mass is 35.5. The van der Waals surface area contributed by atoms with Crippen molar-refractivity contribution in [3.05, 3.63) is 74.6 Å². The van der Waals surface area contributed by atoms with E-state index in [1.165, 1.54) is 18.2 Å². The molecule has 2 aromatic carbocycles. The van der Waals surface area contributed by atoms with E-state index in [9.17, 15) is 14.9 Å². The summed E-state index contributed by atoms with van der Waals surface area (Å²) in [5.41, 5.74) is 0.330. The van der Waals surface area contributed by atoms with E-state index in [4.69, 9.17) is 25.6 Å². The second kappa shape index (κ2) is 8.61. The fraction of sp³-hybridized carbons (Fsp3) is 0.158. The maximum atomic E-state index is 12.6. The van der Waals surface area contributed by atoms with E-state index in [0.717, 1.165) is 0 Å². The zero-order valence-corrected chi connectivity index (χ0v) is 16.2. The molecule has 29 heavy (non-hydrogen) atoms. The molecule has 1 N–H and O–H groups in total. The van der Waals surface area contributed by atoms with E-state index in [0.29, 0.717) is 22.8 Å². The van der Waals surface area contributed by atoms with Crippen molar-refractivity contribution in [3.63, 3.8) is 0 Å². The lowest BCUT2D eigenvalue weighted by Crippen LogP contribution is -2.16. The van der Waals surface area contributed by atoms with E-state index in [2.05, 4.69) is 10.5 Å². The average Bonchev–Trinajstić information content (AvgIpc) is 3.08. The Morgan fingerprint density at radius 2 is 1.93 bits per heavy atom. The Kier molecular flexibility index (Phi) is 5.99. The van der Waals surface area contributed by atoms with Gasteiger partial charge < -0.3 is 19.3 Å². The van der Waals surface area contributed by atoms with Gasteiger partial charge in [-0.3, -0.25) is 14.9 Å². The zero-order chi connectivity index (χ0) is 21.0. The van der Waals surface area contributed by atoms with Crippen LogP contribution in [0.15, 0.2) is 47.0 Å². The first-order valence-corrected chi connectivity index (χ1v) is 8.74. The Morgan fingerprint density at radius 1 is 1.24 bits per heavy atom. The highest BCUT2D eigenvalue weighted by Crippen LogP contribution is 2.28. The Labute approximate surface area is 170 Å². The first-order chi connectivity index (χ1) is 13.9. The standard InChI is InChI=1S/C19H16ClN3O6/c1-11-15(10-28-14-6-4-13(27-2)5-7-14)18(22-29-11)19(24)21-17-9-12(23(25)26)3-8-16(17)20/h3-9H,10H2,1-2H3,(H,21,24). The molecular weight excluding hydrogens is 402 g/mol. The number of halogens is 1. The van der Waals surface area contributed by atoms with Crippen LogP contribution in [0.5, 0.6) is 11.5 Å². The number of methoxy groups -OCH3 is 1. The number of hydrogen-bond donors (Lipinski definition) is 1. The van der Waals surface area contributed by atoms with Gasteiger partial charge in [-0.1, -0.05) is 16.8 Å². The number of ether oxygens (including phenoxy) is 2. The third-order valence-electron chi connectivity index (χ3n) is 4.05. The molecule has 0 spiro atoms. The number of nitro groups is 1. The molecule has 0 aliphatic carbocycles. The van der Waals surface area contributed by atoms with E-state index < -0.39 is 10.8 Å². The van der Waals surface area contributed by atoms with Crippen LogP contribution in [0.1, 0.15) is 21.8 Å². The van der Waals surface area contributed by atoms with Crippen molar-refractivity contribution < 1.29 is 23.7 Å². The van der Waals surface area contributed by atoms with Crippen molar-refractivity contribution >= 4 is 28.9 Å². The van der Waals surface area contributed by atoms with Gasteiger partial charge in [0.1, 0.15) is 23.9 Å². The summed E-state index contributed by atoms with van der Waals surface area (Å²) >= 11 is 6.03. The Bertz CT molecular complexity index is 1050.